The molecule has 6 nitrogen and oxygen atoms in total. The molecule has 1 aromatic rings. The Balaban J connectivity index is 2.02. The predicted molar refractivity (Wildman–Crippen MR) is 114 cm³/mol. The van der Waals surface area contributed by atoms with Crippen molar-refractivity contribution in [2.24, 2.45) is 0 Å². The van der Waals surface area contributed by atoms with E-state index in [1.807, 2.05) is 12.1 Å². The van der Waals surface area contributed by atoms with Crippen molar-refractivity contribution >= 4 is 34.9 Å². The lowest BCUT2D eigenvalue weighted by Gasteiger charge is -2.27. The molecule has 0 spiro atoms. The van der Waals surface area contributed by atoms with Crippen molar-refractivity contribution in [3.05, 3.63) is 58.9 Å². The van der Waals surface area contributed by atoms with Crippen molar-refractivity contribution in [3.63, 3.8) is 0 Å². The van der Waals surface area contributed by atoms with E-state index >= 15 is 0 Å². The number of hydrogen-bond donors (Lipinski definition) is 0. The van der Waals surface area contributed by atoms with Crippen LogP contribution in [0.3, 0.4) is 0 Å². The molecule has 2 aliphatic heterocycles. The predicted octanol–water partition coefficient (Wildman–Crippen LogP) is 4.21. The third-order valence-electron chi connectivity index (χ3n) is 5.05. The largest absolute Gasteiger partial charge is 0.465 e. The van der Waals surface area contributed by atoms with Crippen LogP contribution in [0.2, 0.25) is 5.02 Å². The highest BCUT2D eigenvalue weighted by atomic mass is 35.5. The molecule has 0 unspecified atom stereocenters. The minimum Gasteiger partial charge on any atom is -0.465 e. The van der Waals surface area contributed by atoms with Crippen LogP contribution in [-0.4, -0.2) is 39.2 Å². The molecule has 0 radical (unpaired) electrons. The number of esters is 2. The molecule has 7 heteroatoms. The summed E-state index contributed by atoms with van der Waals surface area (Å²) in [6.45, 7) is 1.96. The van der Waals surface area contributed by atoms with Crippen molar-refractivity contribution in [1.29, 1.82) is 0 Å². The third kappa shape index (κ3) is 4.65. The molecule has 0 N–H and O–H groups in total. The average molecular weight is 417 g/mol. The van der Waals surface area contributed by atoms with E-state index < -0.39 is 11.9 Å². The van der Waals surface area contributed by atoms with Gasteiger partial charge in [-0.25, -0.2) is 9.59 Å². The van der Waals surface area contributed by atoms with Crippen molar-refractivity contribution in [3.8, 4) is 0 Å². The number of carbonyl (C=O) groups excluding carboxylic acids is 2. The molecule has 0 aromatic heterocycles. The number of anilines is 2. The third-order valence-corrected chi connectivity index (χ3v) is 5.35. The molecule has 29 heavy (non-hydrogen) atoms. The first-order valence-corrected chi connectivity index (χ1v) is 10.0. The Morgan fingerprint density at radius 1 is 0.966 bits per heavy atom. The molecule has 0 saturated carbocycles. The summed E-state index contributed by atoms with van der Waals surface area (Å²) in [5.41, 5.74) is 1.81. The standard InChI is InChI=1S/C22H25ClN2O4/c1-28-21(26)17-9-5-8-14-25(20(17)22(27)29-2)16-10-11-19(18(23)15-16)24-12-6-3-4-7-13-24/h5,8-11,14-15H,3-4,6-7,12-13H2,1-2H3. The molecule has 1 saturated heterocycles. The zero-order chi connectivity index (χ0) is 20.8. The Hall–Kier alpha value is -2.73. The highest BCUT2D eigenvalue weighted by molar-refractivity contribution is 6.33. The second-order valence-corrected chi connectivity index (χ2v) is 7.26. The lowest BCUT2D eigenvalue weighted by Crippen LogP contribution is -2.27. The van der Waals surface area contributed by atoms with Crippen LogP contribution < -0.4 is 9.80 Å². The van der Waals surface area contributed by atoms with Gasteiger partial charge in [-0.15, -0.1) is 0 Å². The molecule has 0 atom stereocenters. The Morgan fingerprint density at radius 2 is 1.66 bits per heavy atom. The second kappa shape index (κ2) is 9.65. The normalized spacial score (nSPS) is 17.1. The van der Waals surface area contributed by atoms with Crippen LogP contribution in [0.25, 0.3) is 0 Å². The molecule has 2 heterocycles. The van der Waals surface area contributed by atoms with Crippen LogP contribution in [0.15, 0.2) is 53.9 Å². The molecule has 1 aromatic carbocycles. The Kier molecular flexibility index (Phi) is 6.99. The minimum absolute atomic E-state index is 0.0722. The van der Waals surface area contributed by atoms with Gasteiger partial charge in [0.1, 0.15) is 5.70 Å². The number of ether oxygens (including phenoxy) is 2. The van der Waals surface area contributed by atoms with E-state index in [9.17, 15) is 9.59 Å². The summed E-state index contributed by atoms with van der Waals surface area (Å²) >= 11 is 6.63. The van der Waals surface area contributed by atoms with E-state index in [-0.39, 0.29) is 11.3 Å². The molecule has 3 rings (SSSR count). The summed E-state index contributed by atoms with van der Waals surface area (Å²) < 4.78 is 9.78. The van der Waals surface area contributed by atoms with Gasteiger partial charge < -0.3 is 19.3 Å². The molecule has 0 amide bonds. The van der Waals surface area contributed by atoms with Gasteiger partial charge in [-0.1, -0.05) is 30.5 Å². The number of nitrogens with zero attached hydrogens (tertiary/aromatic N) is 2. The fourth-order valence-corrected chi connectivity index (χ4v) is 3.87. The maximum atomic E-state index is 12.5. The van der Waals surface area contributed by atoms with E-state index in [0.29, 0.717) is 10.7 Å². The number of methoxy groups -OCH3 is 2. The van der Waals surface area contributed by atoms with Crippen LogP contribution in [0.4, 0.5) is 11.4 Å². The summed E-state index contributed by atoms with van der Waals surface area (Å²) in [6.07, 6.45) is 11.4. The fourth-order valence-electron chi connectivity index (χ4n) is 3.58. The highest BCUT2D eigenvalue weighted by Gasteiger charge is 2.28. The number of benzene rings is 1. The van der Waals surface area contributed by atoms with Gasteiger partial charge in [-0.2, -0.15) is 0 Å². The monoisotopic (exact) mass is 416 g/mol. The maximum absolute atomic E-state index is 12.5. The van der Waals surface area contributed by atoms with Gasteiger partial charge >= 0.3 is 11.9 Å². The van der Waals surface area contributed by atoms with Gasteiger partial charge in [-0.3, -0.25) is 0 Å². The Morgan fingerprint density at radius 3 is 2.28 bits per heavy atom. The molecule has 2 aliphatic rings. The van der Waals surface area contributed by atoms with Gasteiger partial charge in [0.15, 0.2) is 0 Å². The minimum atomic E-state index is -0.644. The lowest BCUT2D eigenvalue weighted by molar-refractivity contribution is -0.139. The molecular weight excluding hydrogens is 392 g/mol. The Bertz CT molecular complexity index is 868. The highest BCUT2D eigenvalue weighted by Crippen LogP contribution is 2.34. The summed E-state index contributed by atoms with van der Waals surface area (Å²) in [5.74, 6) is -1.27. The number of carbonyl (C=O) groups is 2. The van der Waals surface area contributed by atoms with Gasteiger partial charge in [0.05, 0.1) is 30.5 Å². The van der Waals surface area contributed by atoms with E-state index in [1.54, 1.807) is 29.3 Å². The first-order valence-electron chi connectivity index (χ1n) is 9.66. The SMILES string of the molecule is COC(=O)C1=C(C(=O)OC)N(c2ccc(N3CCCCCC3)c(Cl)c2)C=CC=C1. The molecule has 1 fully saturated rings. The summed E-state index contributed by atoms with van der Waals surface area (Å²) in [6, 6.07) is 5.65. The van der Waals surface area contributed by atoms with E-state index in [4.69, 9.17) is 21.1 Å². The zero-order valence-electron chi connectivity index (χ0n) is 16.7. The van der Waals surface area contributed by atoms with Gasteiger partial charge in [0.2, 0.25) is 0 Å². The first kappa shape index (κ1) is 21.0. The van der Waals surface area contributed by atoms with Crippen LogP contribution in [-0.2, 0) is 19.1 Å². The molecular formula is C22H25ClN2O4. The number of allylic oxidation sites excluding steroid dienone is 2. The number of hydrogen-bond acceptors (Lipinski definition) is 6. The average Bonchev–Trinajstić information content (AvgIpc) is 3.13. The number of rotatable bonds is 4. The molecule has 154 valence electrons. The fraction of sp³-hybridized carbons (Fsp3) is 0.364. The second-order valence-electron chi connectivity index (χ2n) is 6.85. The van der Waals surface area contributed by atoms with Crippen molar-refractivity contribution in [1.82, 2.24) is 0 Å². The van der Waals surface area contributed by atoms with Gasteiger partial charge in [-0.05, 0) is 43.2 Å². The van der Waals surface area contributed by atoms with Crippen LogP contribution in [0.1, 0.15) is 25.7 Å². The van der Waals surface area contributed by atoms with Crippen LogP contribution in [0, 0.1) is 0 Å². The maximum Gasteiger partial charge on any atom is 0.355 e. The summed E-state index contributed by atoms with van der Waals surface area (Å²) in [4.78, 5) is 28.7. The lowest BCUT2D eigenvalue weighted by atomic mass is 10.1. The van der Waals surface area contributed by atoms with Crippen molar-refractivity contribution < 1.29 is 19.1 Å². The van der Waals surface area contributed by atoms with Crippen LogP contribution >= 0.6 is 11.6 Å². The van der Waals surface area contributed by atoms with E-state index in [2.05, 4.69) is 4.90 Å². The van der Waals surface area contributed by atoms with E-state index in [1.165, 1.54) is 33.1 Å². The summed E-state index contributed by atoms with van der Waals surface area (Å²) in [7, 11) is 2.55. The first-order chi connectivity index (χ1) is 14.1. The van der Waals surface area contributed by atoms with Crippen molar-refractivity contribution in [2.45, 2.75) is 25.7 Å². The Labute approximate surface area is 176 Å². The zero-order valence-corrected chi connectivity index (χ0v) is 17.4. The molecule has 0 aliphatic carbocycles. The van der Waals surface area contributed by atoms with Gasteiger partial charge in [0.25, 0.3) is 0 Å². The van der Waals surface area contributed by atoms with Crippen LogP contribution in [0.5, 0.6) is 0 Å². The number of halogens is 1. The smallest absolute Gasteiger partial charge is 0.355 e. The van der Waals surface area contributed by atoms with Gasteiger partial charge in [0, 0.05) is 25.0 Å². The summed E-state index contributed by atoms with van der Waals surface area (Å²) in [5, 5.41) is 0.596. The molecule has 0 bridgehead atoms. The topological polar surface area (TPSA) is 59.1 Å². The van der Waals surface area contributed by atoms with Crippen molar-refractivity contribution in [2.75, 3.05) is 37.1 Å². The quantitative estimate of drug-likeness (QED) is 0.685. The van der Waals surface area contributed by atoms with E-state index in [0.717, 1.165) is 31.6 Å².